The van der Waals surface area contributed by atoms with Crippen LogP contribution in [0.2, 0.25) is 0 Å². The van der Waals surface area contributed by atoms with E-state index in [1.54, 1.807) is 6.20 Å². The molecule has 0 aliphatic heterocycles. The SMILES string of the molecule is c1ccc(-c2nc3ccccc3nc2-c2ccc(-c3ccc(-c4cccnc4)cc3)cc2)cc1.c1ccc(-c2nc3ccccc3nc2-c2ccc(-c3ccc(-c4ccncc4)cc3)cc2)cc1.c1ccc(-c2nc3ccccc3nc2-c2cccc3c(-c4cccc5c(-c6ccccn6)cccc45)cccc23)cc1. The zero-order chi connectivity index (χ0) is 73.4. The highest BCUT2D eigenvalue weighted by atomic mass is 14.9. The number of aromatic nitrogens is 9. The van der Waals surface area contributed by atoms with Crippen LogP contribution in [0.5, 0.6) is 0 Å². The highest BCUT2D eigenvalue weighted by Crippen LogP contribution is 2.43. The van der Waals surface area contributed by atoms with E-state index < -0.39 is 0 Å². The van der Waals surface area contributed by atoms with E-state index in [2.05, 4.69) is 245 Å². The van der Waals surface area contributed by atoms with E-state index in [1.807, 2.05) is 170 Å². The van der Waals surface area contributed by atoms with Crippen LogP contribution in [0.1, 0.15) is 0 Å². The first kappa shape index (κ1) is 67.0. The lowest BCUT2D eigenvalue weighted by molar-refractivity contribution is 1.29. The molecule has 0 spiro atoms. The topological polar surface area (TPSA) is 116 Å². The molecule has 0 radical (unpaired) electrons. The molecule has 0 aliphatic rings. The van der Waals surface area contributed by atoms with E-state index in [0.717, 1.165) is 134 Å². The molecule has 0 saturated heterocycles. The molecule has 20 rings (SSSR count). The lowest BCUT2D eigenvalue weighted by atomic mass is 9.90. The molecule has 0 bridgehead atoms. The Labute approximate surface area is 637 Å². The molecule has 6 aromatic heterocycles. The largest absolute Gasteiger partial charge is 0.265 e. The molecule has 0 aliphatic carbocycles. The minimum atomic E-state index is 0.886. The van der Waals surface area contributed by atoms with E-state index in [9.17, 15) is 0 Å². The van der Waals surface area contributed by atoms with Gasteiger partial charge in [0.15, 0.2) is 0 Å². The molecule has 0 saturated carbocycles. The molecule has 0 unspecified atom stereocenters. The maximum absolute atomic E-state index is 5.20. The van der Waals surface area contributed by atoms with Gasteiger partial charge in [0.05, 0.1) is 73.0 Å². The van der Waals surface area contributed by atoms with Crippen LogP contribution in [0.4, 0.5) is 0 Å². The molecule has 0 N–H and O–H groups in total. The van der Waals surface area contributed by atoms with Gasteiger partial charge in [0, 0.05) is 69.9 Å². The number of para-hydroxylation sites is 6. The van der Waals surface area contributed by atoms with Crippen LogP contribution in [0.3, 0.4) is 0 Å². The van der Waals surface area contributed by atoms with Crippen LogP contribution in [-0.4, -0.2) is 44.9 Å². The number of benzene rings is 14. The Hall–Kier alpha value is -14.9. The average Bonchev–Trinajstić information content (AvgIpc) is 0.935. The molecule has 6 heterocycles. The molecule has 0 atom stereocenters. The summed E-state index contributed by atoms with van der Waals surface area (Å²) in [6, 6.07) is 130. The highest BCUT2D eigenvalue weighted by Gasteiger charge is 2.20. The van der Waals surface area contributed by atoms with Crippen molar-refractivity contribution in [1.29, 1.82) is 0 Å². The summed E-state index contributed by atoms with van der Waals surface area (Å²) in [6.07, 6.45) is 9.17. The van der Waals surface area contributed by atoms with Crippen LogP contribution < -0.4 is 0 Å². The Morgan fingerprint density at radius 2 is 0.427 bits per heavy atom. The molecule has 516 valence electrons. The maximum atomic E-state index is 5.20. The highest BCUT2D eigenvalue weighted by molar-refractivity contribution is 6.12. The van der Waals surface area contributed by atoms with Gasteiger partial charge < -0.3 is 0 Å². The summed E-state index contributed by atoms with van der Waals surface area (Å²) in [5, 5.41) is 4.72. The van der Waals surface area contributed by atoms with E-state index in [0.29, 0.717) is 0 Å². The van der Waals surface area contributed by atoms with E-state index >= 15 is 0 Å². The van der Waals surface area contributed by atoms with E-state index in [-0.39, 0.29) is 0 Å². The quantitative estimate of drug-likeness (QED) is 0.118. The van der Waals surface area contributed by atoms with Crippen LogP contribution in [-0.2, 0) is 0 Å². The van der Waals surface area contributed by atoms with Gasteiger partial charge in [-0.2, -0.15) is 0 Å². The molecule has 0 fully saturated rings. The molecule has 9 heteroatoms. The molecular weight excluding hydrogens is 1340 g/mol. The third-order valence-corrected chi connectivity index (χ3v) is 19.9. The van der Waals surface area contributed by atoms with Gasteiger partial charge in [0.25, 0.3) is 0 Å². The van der Waals surface area contributed by atoms with Crippen LogP contribution in [0.25, 0.3) is 189 Å². The van der Waals surface area contributed by atoms with Gasteiger partial charge in [-0.25, -0.2) is 29.9 Å². The Morgan fingerprint density at radius 1 is 0.145 bits per heavy atom. The fourth-order valence-electron chi connectivity index (χ4n) is 14.5. The molecule has 20 aromatic rings. The molecule has 9 nitrogen and oxygen atoms in total. The first-order valence-corrected chi connectivity index (χ1v) is 36.7. The van der Waals surface area contributed by atoms with Crippen molar-refractivity contribution in [1.82, 2.24) is 44.9 Å². The number of hydrogen-bond donors (Lipinski definition) is 0. The van der Waals surface area contributed by atoms with E-state index in [1.165, 1.54) is 55.1 Å². The zero-order valence-electron chi connectivity index (χ0n) is 59.7. The lowest BCUT2D eigenvalue weighted by Gasteiger charge is -2.16. The van der Waals surface area contributed by atoms with Crippen molar-refractivity contribution in [2.45, 2.75) is 0 Å². The van der Waals surface area contributed by atoms with Crippen LogP contribution in [0, 0.1) is 0 Å². The minimum Gasteiger partial charge on any atom is -0.265 e. The molecule has 0 amide bonds. The van der Waals surface area contributed by atoms with Gasteiger partial charge in [0.2, 0.25) is 0 Å². The fourth-order valence-corrected chi connectivity index (χ4v) is 14.5. The first-order chi connectivity index (χ1) is 54.5. The second kappa shape index (κ2) is 30.6. The van der Waals surface area contributed by atoms with Crippen molar-refractivity contribution in [3.8, 4) is 134 Å². The zero-order valence-corrected chi connectivity index (χ0v) is 59.7. The fraction of sp³-hybridized carbons (Fsp3) is 0. The van der Waals surface area contributed by atoms with Crippen molar-refractivity contribution in [3.05, 3.63) is 407 Å². The monoisotopic (exact) mass is 1410 g/mol. The maximum Gasteiger partial charge on any atom is 0.0979 e. The van der Waals surface area contributed by atoms with Gasteiger partial charge in [-0.3, -0.25) is 15.0 Å². The van der Waals surface area contributed by atoms with Gasteiger partial charge in [-0.1, -0.05) is 309 Å². The summed E-state index contributed by atoms with van der Waals surface area (Å²) in [5.41, 5.74) is 30.9. The van der Waals surface area contributed by atoms with Gasteiger partial charge in [-0.15, -0.1) is 0 Å². The standard InChI is InChI=1S/C39H25N3.2C31H21N3/c1-2-12-26(13-3-1)38-39(42-37-24-5-4-23-36(37)41-38)34-21-11-17-30-28(15-9-19-32(30)34)27-14-8-18-31-29(27)16-10-20-33(31)35-22-6-7-25-40-35;1-2-7-25(8-3-1)30-31(34-29-11-5-4-10-28(29)33-30)26-18-16-23(17-19-26)22-12-14-24(15-13-22)27-9-6-20-32-21-27;1-2-6-26(7-3-1)30-31(34-29-9-5-4-8-28(29)33-30)27-16-14-23(15-17-27)22-10-12-24(13-11-22)25-18-20-32-21-19-25/h1-25H;2*1-21H. The number of pyridine rings is 3. The van der Waals surface area contributed by atoms with Crippen molar-refractivity contribution in [2.75, 3.05) is 0 Å². The smallest absolute Gasteiger partial charge is 0.0979 e. The normalized spacial score (nSPS) is 11.1. The van der Waals surface area contributed by atoms with Gasteiger partial charge in [-0.05, 0) is 144 Å². The predicted molar refractivity (Wildman–Crippen MR) is 452 cm³/mol. The third kappa shape index (κ3) is 13.9. The van der Waals surface area contributed by atoms with Crippen molar-refractivity contribution in [2.24, 2.45) is 0 Å². The minimum absolute atomic E-state index is 0.886. The van der Waals surface area contributed by atoms with Crippen molar-refractivity contribution >= 4 is 54.6 Å². The second-order valence-electron chi connectivity index (χ2n) is 26.7. The summed E-state index contributed by atoms with van der Waals surface area (Å²) >= 11 is 0. The molecule has 110 heavy (non-hydrogen) atoms. The molecular formula is C101H67N9. The lowest BCUT2D eigenvalue weighted by Crippen LogP contribution is -1.96. The van der Waals surface area contributed by atoms with E-state index in [4.69, 9.17) is 29.9 Å². The summed E-state index contributed by atoms with van der Waals surface area (Å²) in [5.74, 6) is 0. The summed E-state index contributed by atoms with van der Waals surface area (Å²) < 4.78 is 0. The van der Waals surface area contributed by atoms with Gasteiger partial charge in [0.1, 0.15) is 0 Å². The number of hydrogen-bond acceptors (Lipinski definition) is 9. The Balaban J connectivity index is 0.000000117. The second-order valence-corrected chi connectivity index (χ2v) is 26.7. The van der Waals surface area contributed by atoms with Gasteiger partial charge >= 0.3 is 0 Å². The van der Waals surface area contributed by atoms with Crippen molar-refractivity contribution < 1.29 is 0 Å². The number of fused-ring (bicyclic) bond motifs is 5. The van der Waals surface area contributed by atoms with Crippen LogP contribution in [0.15, 0.2) is 407 Å². The number of rotatable bonds is 12. The summed E-state index contributed by atoms with van der Waals surface area (Å²) in [6.45, 7) is 0. The summed E-state index contributed by atoms with van der Waals surface area (Å²) in [4.78, 5) is 43.2. The third-order valence-electron chi connectivity index (χ3n) is 19.9. The summed E-state index contributed by atoms with van der Waals surface area (Å²) in [7, 11) is 0. The van der Waals surface area contributed by atoms with Crippen molar-refractivity contribution in [3.63, 3.8) is 0 Å². The Kier molecular flexibility index (Phi) is 18.7. The predicted octanol–water partition coefficient (Wildman–Crippen LogP) is 25.4. The number of nitrogens with zero attached hydrogens (tertiary/aromatic N) is 9. The Bertz CT molecular complexity index is 6390. The Morgan fingerprint density at radius 3 is 0.791 bits per heavy atom. The van der Waals surface area contributed by atoms with Crippen LogP contribution >= 0.6 is 0 Å². The molecule has 14 aromatic carbocycles. The first-order valence-electron chi connectivity index (χ1n) is 36.7. The average molecular weight is 1410 g/mol.